The number of rotatable bonds is 6. The van der Waals surface area contributed by atoms with Gasteiger partial charge in [0, 0.05) is 13.0 Å². The fourth-order valence-corrected chi connectivity index (χ4v) is 2.96. The first-order chi connectivity index (χ1) is 11.1. The van der Waals surface area contributed by atoms with Gasteiger partial charge in [0.15, 0.2) is 0 Å². The number of benzene rings is 1. The molecule has 23 heavy (non-hydrogen) atoms. The van der Waals surface area contributed by atoms with E-state index in [0.29, 0.717) is 32.4 Å². The van der Waals surface area contributed by atoms with Gasteiger partial charge in [-0.25, -0.2) is 0 Å². The maximum Gasteiger partial charge on any atom is 0.246 e. The highest BCUT2D eigenvalue weighted by Gasteiger charge is 2.38. The second kappa shape index (κ2) is 7.99. The summed E-state index contributed by atoms with van der Waals surface area (Å²) in [6.45, 7) is 4.92. The Balaban J connectivity index is 2.02. The summed E-state index contributed by atoms with van der Waals surface area (Å²) in [7, 11) is 0. The number of ether oxygens (including phenoxy) is 1. The van der Waals surface area contributed by atoms with Crippen LogP contribution in [0.5, 0.6) is 5.75 Å². The Kier molecular flexibility index (Phi) is 6.02. The van der Waals surface area contributed by atoms with Gasteiger partial charge in [-0.05, 0) is 43.9 Å². The maximum absolute atomic E-state index is 12.7. The lowest BCUT2D eigenvalue weighted by molar-refractivity contribution is -0.133. The van der Waals surface area contributed by atoms with Crippen molar-refractivity contribution in [2.45, 2.75) is 58.0 Å². The van der Waals surface area contributed by atoms with Gasteiger partial charge in [-0.15, -0.1) is 0 Å². The van der Waals surface area contributed by atoms with E-state index in [1.807, 2.05) is 38.1 Å². The Morgan fingerprint density at radius 1 is 1.35 bits per heavy atom. The lowest BCUT2D eigenvalue weighted by Crippen LogP contribution is -2.57. The van der Waals surface area contributed by atoms with Crippen molar-refractivity contribution < 1.29 is 14.3 Å². The van der Waals surface area contributed by atoms with Crippen LogP contribution in [-0.4, -0.2) is 24.0 Å². The molecular weight excluding hydrogens is 292 g/mol. The lowest BCUT2D eigenvalue weighted by Gasteiger charge is -2.31. The highest BCUT2D eigenvalue weighted by molar-refractivity contribution is 5.91. The number of hydrogen-bond donors (Lipinski definition) is 2. The fraction of sp³-hybridized carbons (Fsp3) is 0.556. The molecule has 0 aliphatic carbocycles. The van der Waals surface area contributed by atoms with E-state index in [9.17, 15) is 9.59 Å². The smallest absolute Gasteiger partial charge is 0.246 e. The zero-order valence-corrected chi connectivity index (χ0v) is 14.0. The molecule has 1 atom stereocenters. The van der Waals surface area contributed by atoms with Gasteiger partial charge < -0.3 is 15.4 Å². The zero-order valence-electron chi connectivity index (χ0n) is 14.0. The van der Waals surface area contributed by atoms with Crippen LogP contribution in [0.4, 0.5) is 0 Å². The van der Waals surface area contributed by atoms with E-state index in [0.717, 1.165) is 24.2 Å². The van der Waals surface area contributed by atoms with Crippen LogP contribution in [0.2, 0.25) is 0 Å². The molecule has 1 aliphatic rings. The number of hydrogen-bond acceptors (Lipinski definition) is 3. The summed E-state index contributed by atoms with van der Waals surface area (Å²) in [6, 6.07) is 7.69. The molecule has 126 valence electrons. The minimum atomic E-state index is -0.773. The van der Waals surface area contributed by atoms with Crippen LogP contribution in [0, 0.1) is 0 Å². The van der Waals surface area contributed by atoms with E-state index in [-0.39, 0.29) is 11.8 Å². The van der Waals surface area contributed by atoms with Crippen molar-refractivity contribution >= 4 is 11.8 Å². The molecule has 1 aromatic rings. The van der Waals surface area contributed by atoms with Gasteiger partial charge in [-0.1, -0.05) is 25.5 Å². The molecule has 1 heterocycles. The number of carbonyl (C=O) groups is 2. The third-order valence-corrected chi connectivity index (χ3v) is 4.34. The average Bonchev–Trinajstić information content (AvgIpc) is 2.75. The van der Waals surface area contributed by atoms with Crippen molar-refractivity contribution in [3.05, 3.63) is 29.8 Å². The van der Waals surface area contributed by atoms with Crippen molar-refractivity contribution in [2.75, 3.05) is 6.61 Å². The lowest BCUT2D eigenvalue weighted by atomic mass is 9.89. The Morgan fingerprint density at radius 2 is 2.17 bits per heavy atom. The molecule has 1 aliphatic heterocycles. The molecule has 2 amide bonds. The molecule has 0 bridgehead atoms. The van der Waals surface area contributed by atoms with Crippen LogP contribution < -0.4 is 15.4 Å². The first-order valence-corrected chi connectivity index (χ1v) is 8.40. The van der Waals surface area contributed by atoms with E-state index < -0.39 is 5.54 Å². The van der Waals surface area contributed by atoms with Crippen molar-refractivity contribution in [1.82, 2.24) is 10.6 Å². The van der Waals surface area contributed by atoms with Gasteiger partial charge in [-0.2, -0.15) is 0 Å². The van der Waals surface area contributed by atoms with E-state index in [1.165, 1.54) is 0 Å². The van der Waals surface area contributed by atoms with Crippen LogP contribution in [0.1, 0.15) is 51.5 Å². The van der Waals surface area contributed by atoms with Crippen LogP contribution in [0.15, 0.2) is 24.3 Å². The summed E-state index contributed by atoms with van der Waals surface area (Å²) in [6.07, 6.45) is 3.53. The molecule has 0 aromatic heterocycles. The Bertz CT molecular complexity index is 559. The SMILES string of the molecule is CCOc1cccc(CNC(=O)C2(CC)CCCCC(=O)N2)c1. The first kappa shape index (κ1) is 17.3. The van der Waals surface area contributed by atoms with Crippen molar-refractivity contribution in [3.8, 4) is 5.75 Å². The highest BCUT2D eigenvalue weighted by atomic mass is 16.5. The summed E-state index contributed by atoms with van der Waals surface area (Å²) in [5.74, 6) is 0.669. The number of nitrogens with one attached hydrogen (secondary N) is 2. The molecule has 5 nitrogen and oxygen atoms in total. The molecule has 2 rings (SSSR count). The largest absolute Gasteiger partial charge is 0.494 e. The van der Waals surface area contributed by atoms with Crippen LogP contribution in [0.25, 0.3) is 0 Å². The molecule has 0 spiro atoms. The van der Waals surface area contributed by atoms with Crippen molar-refractivity contribution in [1.29, 1.82) is 0 Å². The topological polar surface area (TPSA) is 67.4 Å². The molecule has 0 saturated carbocycles. The molecule has 1 saturated heterocycles. The van der Waals surface area contributed by atoms with E-state index >= 15 is 0 Å². The van der Waals surface area contributed by atoms with Crippen LogP contribution >= 0.6 is 0 Å². The predicted octanol–water partition coefficient (Wildman–Crippen LogP) is 2.54. The minimum absolute atomic E-state index is 0.0298. The standard InChI is InChI=1S/C18H26N2O3/c1-3-18(11-6-5-10-16(21)20-18)17(22)19-13-14-8-7-9-15(12-14)23-4-2/h7-9,12H,3-6,10-11,13H2,1-2H3,(H,19,22)(H,20,21). The molecule has 1 aromatic carbocycles. The quantitative estimate of drug-likeness (QED) is 0.847. The number of carbonyl (C=O) groups excluding carboxylic acids is 2. The third kappa shape index (κ3) is 4.47. The van der Waals surface area contributed by atoms with Gasteiger partial charge >= 0.3 is 0 Å². The van der Waals surface area contributed by atoms with E-state index in [1.54, 1.807) is 0 Å². The average molecular weight is 318 g/mol. The molecular formula is C18H26N2O3. The van der Waals surface area contributed by atoms with E-state index in [4.69, 9.17) is 4.74 Å². The van der Waals surface area contributed by atoms with Gasteiger partial charge in [0.25, 0.3) is 0 Å². The molecule has 0 radical (unpaired) electrons. The zero-order chi connectivity index (χ0) is 16.7. The van der Waals surface area contributed by atoms with Crippen LogP contribution in [0.3, 0.4) is 0 Å². The molecule has 2 N–H and O–H groups in total. The fourth-order valence-electron chi connectivity index (χ4n) is 2.96. The molecule has 1 unspecified atom stereocenters. The second-order valence-electron chi connectivity index (χ2n) is 5.95. The van der Waals surface area contributed by atoms with E-state index in [2.05, 4.69) is 10.6 Å². The normalized spacial score (nSPS) is 21.2. The van der Waals surface area contributed by atoms with Gasteiger partial charge in [0.05, 0.1) is 6.61 Å². The third-order valence-electron chi connectivity index (χ3n) is 4.34. The maximum atomic E-state index is 12.7. The predicted molar refractivity (Wildman–Crippen MR) is 89.1 cm³/mol. The Morgan fingerprint density at radius 3 is 2.91 bits per heavy atom. The first-order valence-electron chi connectivity index (χ1n) is 8.40. The summed E-state index contributed by atoms with van der Waals surface area (Å²) < 4.78 is 5.47. The Labute approximate surface area is 137 Å². The molecule has 1 fully saturated rings. The minimum Gasteiger partial charge on any atom is -0.494 e. The van der Waals surface area contributed by atoms with Gasteiger partial charge in [-0.3, -0.25) is 9.59 Å². The summed E-state index contributed by atoms with van der Waals surface area (Å²) in [5.41, 5.74) is 0.209. The Hall–Kier alpha value is -2.04. The van der Waals surface area contributed by atoms with Gasteiger partial charge in [0.1, 0.15) is 11.3 Å². The summed E-state index contributed by atoms with van der Waals surface area (Å²) >= 11 is 0. The summed E-state index contributed by atoms with van der Waals surface area (Å²) in [4.78, 5) is 24.5. The van der Waals surface area contributed by atoms with Crippen molar-refractivity contribution in [3.63, 3.8) is 0 Å². The molecule has 5 heteroatoms. The van der Waals surface area contributed by atoms with Crippen molar-refractivity contribution in [2.24, 2.45) is 0 Å². The van der Waals surface area contributed by atoms with Crippen LogP contribution in [-0.2, 0) is 16.1 Å². The number of amides is 2. The highest BCUT2D eigenvalue weighted by Crippen LogP contribution is 2.23. The second-order valence-corrected chi connectivity index (χ2v) is 5.95. The monoisotopic (exact) mass is 318 g/mol. The van der Waals surface area contributed by atoms with Gasteiger partial charge in [0.2, 0.25) is 11.8 Å². The summed E-state index contributed by atoms with van der Waals surface area (Å²) in [5, 5.41) is 5.90.